The van der Waals surface area contributed by atoms with Crippen LogP contribution >= 0.6 is 0 Å². The molecule has 0 aromatic carbocycles. The predicted octanol–water partition coefficient (Wildman–Crippen LogP) is 2.11. The maximum Gasteiger partial charge on any atom is 0.311 e. The van der Waals surface area contributed by atoms with Gasteiger partial charge < -0.3 is 10.1 Å². The van der Waals surface area contributed by atoms with E-state index in [0.717, 1.165) is 24.7 Å². The van der Waals surface area contributed by atoms with E-state index in [-0.39, 0.29) is 23.5 Å². The summed E-state index contributed by atoms with van der Waals surface area (Å²) in [6.07, 6.45) is 7.61. The van der Waals surface area contributed by atoms with E-state index >= 15 is 0 Å². The van der Waals surface area contributed by atoms with Crippen molar-refractivity contribution in [1.82, 2.24) is 5.32 Å². The summed E-state index contributed by atoms with van der Waals surface area (Å²) in [5.41, 5.74) is -0.0738. The third-order valence-electron chi connectivity index (χ3n) is 5.60. The molecular weight excluding hydrogens is 214 g/mol. The first-order valence-corrected chi connectivity index (χ1v) is 7.07. The fourth-order valence-corrected chi connectivity index (χ4v) is 4.55. The summed E-state index contributed by atoms with van der Waals surface area (Å²) < 4.78 is 5.51. The number of fused-ring (bicyclic) bond motifs is 2. The van der Waals surface area contributed by atoms with Crippen LogP contribution in [0, 0.1) is 17.8 Å². The molecule has 2 saturated carbocycles. The molecule has 3 nitrogen and oxygen atoms in total. The third-order valence-corrected chi connectivity index (χ3v) is 5.60. The molecule has 3 rings (SSSR count). The van der Waals surface area contributed by atoms with E-state index in [1.165, 1.54) is 25.7 Å². The highest BCUT2D eigenvalue weighted by Crippen LogP contribution is 2.51. The summed E-state index contributed by atoms with van der Waals surface area (Å²) in [4.78, 5) is 12.0. The number of hydrogen-bond acceptors (Lipinski definition) is 3. The summed E-state index contributed by atoms with van der Waals surface area (Å²) in [5.74, 6) is 1.72. The van der Waals surface area contributed by atoms with Crippen molar-refractivity contribution in [3.8, 4) is 0 Å². The predicted molar refractivity (Wildman–Crippen MR) is 65.5 cm³/mol. The maximum absolute atomic E-state index is 12.0. The van der Waals surface area contributed by atoms with Crippen LogP contribution in [0.2, 0.25) is 0 Å². The minimum absolute atomic E-state index is 0.0351. The second kappa shape index (κ2) is 3.98. The maximum atomic E-state index is 12.0. The number of rotatable bonds is 1. The molecule has 2 aliphatic carbocycles. The molecule has 1 saturated heterocycles. The van der Waals surface area contributed by atoms with E-state index < -0.39 is 0 Å². The van der Waals surface area contributed by atoms with Gasteiger partial charge in [0.2, 0.25) is 0 Å². The van der Waals surface area contributed by atoms with Crippen molar-refractivity contribution in [1.29, 1.82) is 0 Å². The largest absolute Gasteiger partial charge is 0.460 e. The molecule has 0 spiro atoms. The van der Waals surface area contributed by atoms with E-state index in [9.17, 15) is 4.79 Å². The average Bonchev–Trinajstić information content (AvgIpc) is 2.59. The number of nitrogens with one attached hydrogen (secondary N) is 1. The Kier molecular flexibility index (Phi) is 2.69. The highest BCUT2D eigenvalue weighted by Gasteiger charge is 2.59. The van der Waals surface area contributed by atoms with Gasteiger partial charge in [-0.2, -0.15) is 0 Å². The SMILES string of the molecule is CN[C@]12CC3CCCC[C@H]3C[C@H]1C(=O)O[C@@H]2C. The molecule has 0 amide bonds. The molecule has 1 N–H and O–H groups in total. The van der Waals surface area contributed by atoms with Crippen LogP contribution in [0.1, 0.15) is 45.4 Å². The zero-order valence-corrected chi connectivity index (χ0v) is 10.9. The molecule has 1 aliphatic heterocycles. The monoisotopic (exact) mass is 237 g/mol. The lowest BCUT2D eigenvalue weighted by atomic mass is 9.59. The number of carbonyl (C=O) groups excluding carboxylic acids is 1. The molecule has 3 aliphatic rings. The van der Waals surface area contributed by atoms with Crippen molar-refractivity contribution in [3.63, 3.8) is 0 Å². The zero-order valence-electron chi connectivity index (χ0n) is 10.9. The van der Waals surface area contributed by atoms with E-state index in [1.54, 1.807) is 0 Å². The number of cyclic esters (lactones) is 1. The third kappa shape index (κ3) is 1.55. The molecule has 3 fully saturated rings. The topological polar surface area (TPSA) is 38.3 Å². The molecule has 96 valence electrons. The molecule has 1 unspecified atom stereocenters. The van der Waals surface area contributed by atoms with Crippen molar-refractivity contribution >= 4 is 5.97 Å². The van der Waals surface area contributed by atoms with Crippen molar-refractivity contribution in [2.24, 2.45) is 17.8 Å². The van der Waals surface area contributed by atoms with Gasteiger partial charge in [-0.15, -0.1) is 0 Å². The summed E-state index contributed by atoms with van der Waals surface area (Å²) in [6, 6.07) is 0. The second-order valence-corrected chi connectivity index (χ2v) is 6.17. The molecule has 0 radical (unpaired) electrons. The molecular formula is C14H23NO2. The molecule has 1 heterocycles. The summed E-state index contributed by atoms with van der Waals surface area (Å²) in [6.45, 7) is 2.05. The fraction of sp³-hybridized carbons (Fsp3) is 0.929. The first kappa shape index (κ1) is 11.5. The Morgan fingerprint density at radius 2 is 2.00 bits per heavy atom. The smallest absolute Gasteiger partial charge is 0.311 e. The zero-order chi connectivity index (χ0) is 12.0. The Labute approximate surface area is 103 Å². The van der Waals surface area contributed by atoms with Crippen molar-refractivity contribution in [2.75, 3.05) is 7.05 Å². The van der Waals surface area contributed by atoms with Crippen LogP contribution in [0.25, 0.3) is 0 Å². The number of hydrogen-bond donors (Lipinski definition) is 1. The molecule has 0 aromatic heterocycles. The number of likely N-dealkylation sites (N-methyl/N-ethyl adjacent to an activating group) is 1. The van der Waals surface area contributed by atoms with Crippen molar-refractivity contribution < 1.29 is 9.53 Å². The van der Waals surface area contributed by atoms with Gasteiger partial charge in [0, 0.05) is 0 Å². The lowest BCUT2D eigenvalue weighted by molar-refractivity contribution is -0.144. The number of carbonyl (C=O) groups is 1. The van der Waals surface area contributed by atoms with Gasteiger partial charge in [-0.3, -0.25) is 4.79 Å². The Morgan fingerprint density at radius 1 is 1.29 bits per heavy atom. The molecule has 5 atom stereocenters. The molecule has 0 aromatic rings. The van der Waals surface area contributed by atoms with E-state index in [4.69, 9.17) is 4.74 Å². The van der Waals surface area contributed by atoms with E-state index in [2.05, 4.69) is 12.2 Å². The average molecular weight is 237 g/mol. The standard InChI is InChI=1S/C14H23NO2/c1-9-14(15-2)8-11-6-4-3-5-10(11)7-12(14)13(16)17-9/h9-12,15H,3-8H2,1-2H3/t9-,10+,11?,12+,14+/m1/s1. The molecule has 0 bridgehead atoms. The van der Waals surface area contributed by atoms with Gasteiger partial charge in [-0.05, 0) is 38.6 Å². The van der Waals surface area contributed by atoms with Crippen molar-refractivity contribution in [3.05, 3.63) is 0 Å². The quantitative estimate of drug-likeness (QED) is 0.710. The van der Waals surface area contributed by atoms with Crippen LogP contribution in [-0.2, 0) is 9.53 Å². The Hall–Kier alpha value is -0.570. The van der Waals surface area contributed by atoms with Crippen LogP contribution in [-0.4, -0.2) is 24.7 Å². The second-order valence-electron chi connectivity index (χ2n) is 6.17. The Bertz CT molecular complexity index is 330. The Balaban J connectivity index is 1.89. The molecule has 17 heavy (non-hydrogen) atoms. The van der Waals surface area contributed by atoms with Gasteiger partial charge in [0.1, 0.15) is 6.10 Å². The minimum Gasteiger partial charge on any atom is -0.460 e. The first-order valence-electron chi connectivity index (χ1n) is 7.07. The van der Waals surface area contributed by atoms with Crippen LogP contribution in [0.4, 0.5) is 0 Å². The number of esters is 1. The lowest BCUT2D eigenvalue weighted by Crippen LogP contribution is -2.58. The summed E-state index contributed by atoms with van der Waals surface area (Å²) in [7, 11) is 1.99. The van der Waals surface area contributed by atoms with Gasteiger partial charge in [0.25, 0.3) is 0 Å². The van der Waals surface area contributed by atoms with E-state index in [0.29, 0.717) is 0 Å². The number of ether oxygens (including phenoxy) is 1. The summed E-state index contributed by atoms with van der Waals surface area (Å²) >= 11 is 0. The summed E-state index contributed by atoms with van der Waals surface area (Å²) in [5, 5.41) is 3.45. The van der Waals surface area contributed by atoms with Gasteiger partial charge in [0.15, 0.2) is 0 Å². The van der Waals surface area contributed by atoms with E-state index in [1.807, 2.05) is 7.05 Å². The van der Waals surface area contributed by atoms with Gasteiger partial charge in [0.05, 0.1) is 11.5 Å². The Morgan fingerprint density at radius 3 is 2.71 bits per heavy atom. The van der Waals surface area contributed by atoms with Crippen LogP contribution < -0.4 is 5.32 Å². The van der Waals surface area contributed by atoms with Gasteiger partial charge >= 0.3 is 5.97 Å². The van der Waals surface area contributed by atoms with Gasteiger partial charge in [-0.1, -0.05) is 25.7 Å². The van der Waals surface area contributed by atoms with Crippen LogP contribution in [0.3, 0.4) is 0 Å². The first-order chi connectivity index (χ1) is 8.17. The van der Waals surface area contributed by atoms with Crippen LogP contribution in [0.5, 0.6) is 0 Å². The van der Waals surface area contributed by atoms with Crippen molar-refractivity contribution in [2.45, 2.75) is 57.1 Å². The van der Waals surface area contributed by atoms with Gasteiger partial charge in [-0.25, -0.2) is 0 Å². The lowest BCUT2D eigenvalue weighted by Gasteiger charge is -2.47. The van der Waals surface area contributed by atoms with Crippen LogP contribution in [0.15, 0.2) is 0 Å². The molecule has 3 heteroatoms. The highest BCUT2D eigenvalue weighted by atomic mass is 16.6. The normalized spacial score (nSPS) is 49.4. The minimum atomic E-state index is -0.0738. The highest BCUT2D eigenvalue weighted by molar-refractivity contribution is 5.77. The fourth-order valence-electron chi connectivity index (χ4n) is 4.55.